The molecule has 18 nitrogen and oxygen atoms in total. The number of alkyl halides is 6. The summed E-state index contributed by atoms with van der Waals surface area (Å²) in [4.78, 5) is 60.5. The van der Waals surface area contributed by atoms with Gasteiger partial charge in [0, 0.05) is 0 Å². The highest BCUT2D eigenvalue weighted by Gasteiger charge is 2.39. The maximum absolute atomic E-state index is 13.9. The van der Waals surface area contributed by atoms with Crippen LogP contribution in [0.1, 0.15) is 59.7 Å². The number of hydrogen-bond donors (Lipinski definition) is 2. The van der Waals surface area contributed by atoms with E-state index in [-0.39, 0.29) is 19.4 Å². The molecule has 0 radical (unpaired) electrons. The highest BCUT2D eigenvalue weighted by atomic mass is 32.2. The number of esters is 2. The van der Waals surface area contributed by atoms with E-state index < -0.39 is 80.9 Å². The van der Waals surface area contributed by atoms with Crippen LogP contribution in [-0.4, -0.2) is 86.6 Å². The highest BCUT2D eigenvalue weighted by molar-refractivity contribution is 7.86. The Hall–Kier alpha value is -10.4. The van der Waals surface area contributed by atoms with Gasteiger partial charge in [-0.2, -0.15) is 26.3 Å². The number of carboxylic acids is 3. The van der Waals surface area contributed by atoms with Crippen molar-refractivity contribution in [3.05, 3.63) is 258 Å². The van der Waals surface area contributed by atoms with E-state index in [9.17, 15) is 55.7 Å². The lowest BCUT2D eigenvalue weighted by atomic mass is 9.82. The van der Waals surface area contributed by atoms with Crippen molar-refractivity contribution >= 4 is 40.0 Å². The standard InChI is InChI=1S/C41H45N2O5.C29H28N2O4.C2HF3O2.CHF3O3S/c1-41(2,3)48-40(45)38(37(25-30-9-7-6-8-10-30)39(44)47-28-33-15-21-36(46-5)22-16-33)26-31-11-17-34(18-12-31)35-19-13-32(14-20-35)27-43-24-23-42(4)29-43;1-30-15-16-31(20-30)19-23-9-13-25(14-10-23)24-11-7-22(8-12-24)18-27(29(34)35)26(28(32)33)17-21-5-3-2-4-6-21;3-2(4,5)1(6)7;2-1(3,4)8(5,6)7/h6-24,29,37-38H,25-28H2,1-5H3;2-16,20,26-27H,17-19H2,1H3,(H-,32,33,34,35);(H,6,7);(H,5,6,7)/q+1;;;/p-1/t37-,38+;26-,27-;;/m10../s1. The van der Waals surface area contributed by atoms with Crippen LogP contribution in [0.5, 0.6) is 5.75 Å². The molecule has 518 valence electrons. The summed E-state index contributed by atoms with van der Waals surface area (Å²) in [7, 11) is -0.477. The zero-order valence-electron chi connectivity index (χ0n) is 54.3. The van der Waals surface area contributed by atoms with E-state index in [1.165, 1.54) is 11.1 Å². The Morgan fingerprint density at radius 1 is 0.490 bits per heavy atom. The van der Waals surface area contributed by atoms with Gasteiger partial charge in [-0.3, -0.25) is 19.2 Å². The van der Waals surface area contributed by atoms with Gasteiger partial charge in [-0.05, 0) is 120 Å². The number of methoxy groups -OCH3 is 1. The fraction of sp³-hybridized carbons (Fsp3) is 0.274. The van der Waals surface area contributed by atoms with E-state index >= 15 is 0 Å². The van der Waals surface area contributed by atoms with Crippen LogP contribution in [0.15, 0.2) is 219 Å². The molecule has 2 heterocycles. The zero-order chi connectivity index (χ0) is 72.0. The first-order chi connectivity index (χ1) is 46.1. The largest absolute Gasteiger partial charge is 0.741 e. The summed E-state index contributed by atoms with van der Waals surface area (Å²) in [5.41, 5.74) is 4.67. The number of ether oxygens (including phenoxy) is 3. The molecule has 7 aromatic carbocycles. The van der Waals surface area contributed by atoms with E-state index in [1.807, 2.05) is 190 Å². The molecule has 0 saturated heterocycles. The van der Waals surface area contributed by atoms with E-state index in [0.29, 0.717) is 12.8 Å². The summed E-state index contributed by atoms with van der Waals surface area (Å²) in [5.74, 6) is -8.86. The number of rotatable bonds is 23. The smallest absolute Gasteiger partial charge is 0.485 e. The second kappa shape index (κ2) is 35.0. The van der Waals surface area contributed by atoms with Crippen LogP contribution in [0.25, 0.3) is 22.3 Å². The number of benzene rings is 7. The molecule has 0 saturated carbocycles. The Kier molecular flexibility index (Phi) is 27.4. The monoisotopic (exact) mass is 1380 g/mol. The molecule has 0 aliphatic heterocycles. The lowest BCUT2D eigenvalue weighted by molar-refractivity contribution is -0.671. The molecule has 0 bridgehead atoms. The van der Waals surface area contributed by atoms with Crippen molar-refractivity contribution in [3.63, 3.8) is 0 Å². The van der Waals surface area contributed by atoms with Crippen molar-refractivity contribution < 1.29 is 102 Å². The Bertz CT molecular complexity index is 4140. The average Bonchev–Trinajstić information content (AvgIpc) is 1.09. The topological polar surface area (TPSA) is 251 Å². The predicted molar refractivity (Wildman–Crippen MR) is 346 cm³/mol. The maximum Gasteiger partial charge on any atom is 0.485 e. The molecule has 25 heteroatoms. The molecular formula is C73H74F6N4O14S. The van der Waals surface area contributed by atoms with Crippen LogP contribution in [0, 0.1) is 23.7 Å². The van der Waals surface area contributed by atoms with Gasteiger partial charge < -0.3 is 38.9 Å². The molecule has 2 N–H and O–H groups in total. The molecule has 0 aliphatic carbocycles. The molecule has 0 fully saturated rings. The van der Waals surface area contributed by atoms with Gasteiger partial charge in [0.1, 0.15) is 61.8 Å². The third-order valence-electron chi connectivity index (χ3n) is 15.0. The van der Waals surface area contributed by atoms with Gasteiger partial charge >= 0.3 is 35.6 Å². The Balaban J connectivity index is 0.000000263. The number of carboxylic acid groups (broad SMARTS) is 3. The van der Waals surface area contributed by atoms with Crippen LogP contribution in [-0.2, 0) is 103 Å². The van der Waals surface area contributed by atoms with Crippen molar-refractivity contribution in [2.45, 2.75) is 83.4 Å². The third-order valence-corrected chi connectivity index (χ3v) is 15.6. The molecule has 98 heavy (non-hydrogen) atoms. The summed E-state index contributed by atoms with van der Waals surface area (Å²) in [6, 6.07) is 59.1. The van der Waals surface area contributed by atoms with Crippen molar-refractivity contribution in [2.75, 3.05) is 7.11 Å². The van der Waals surface area contributed by atoms with Crippen LogP contribution in [0.2, 0.25) is 0 Å². The minimum absolute atomic E-state index is 0.0900. The molecule has 0 aliphatic rings. The lowest BCUT2D eigenvalue weighted by Crippen LogP contribution is -2.38. The first kappa shape index (κ1) is 76.6. The fourth-order valence-electron chi connectivity index (χ4n) is 10.1. The zero-order valence-corrected chi connectivity index (χ0v) is 55.1. The van der Waals surface area contributed by atoms with Crippen molar-refractivity contribution in [1.82, 2.24) is 9.13 Å². The number of nitrogens with zero attached hydrogens (tertiary/aromatic N) is 4. The summed E-state index contributed by atoms with van der Waals surface area (Å²) >= 11 is 0. The number of hydrogen-bond acceptors (Lipinski definition) is 12. The van der Waals surface area contributed by atoms with Gasteiger partial charge in [-0.15, -0.1) is 0 Å². The van der Waals surface area contributed by atoms with Gasteiger partial charge in [-0.25, -0.2) is 26.7 Å². The number of aromatic nitrogens is 4. The molecule has 4 atom stereocenters. The van der Waals surface area contributed by atoms with Crippen molar-refractivity contribution in [2.24, 2.45) is 37.8 Å². The first-order valence-electron chi connectivity index (χ1n) is 30.4. The van der Waals surface area contributed by atoms with E-state index in [1.54, 1.807) is 7.11 Å². The molecule has 9 rings (SSSR count). The average molecular weight is 1380 g/mol. The van der Waals surface area contributed by atoms with Crippen LogP contribution < -0.4 is 19.0 Å². The number of aliphatic carboxylic acids is 3. The Morgan fingerprint density at radius 3 is 1.08 bits per heavy atom. The number of carbonyl (C=O) groups excluding carboxylic acids is 3. The Morgan fingerprint density at radius 2 is 0.796 bits per heavy atom. The van der Waals surface area contributed by atoms with Crippen LogP contribution >= 0.6 is 0 Å². The SMILES string of the molecule is COc1ccc(COC(=O)[C@H](Cc2ccccc2)[C@H](Cc2ccc(-c3ccc(Cn4cc[n+](C)c4)cc3)cc2)C(=O)OC(C)(C)C)cc1.C[n+]1ccn(Cc2ccc(-c3ccc(C[C@H](C(=O)O)[C@H](Cc4ccccc4)C(=O)O)cc3)cc2)c1.O=C([O-])C(F)(F)F.O=S(=O)([O-])C(F)(F)F. The van der Waals surface area contributed by atoms with E-state index in [2.05, 4.69) is 82.3 Å². The normalized spacial score (nSPS) is 12.7. The second-order valence-corrected chi connectivity index (χ2v) is 25.2. The minimum Gasteiger partial charge on any atom is -0.741 e. The van der Waals surface area contributed by atoms with Crippen LogP contribution in [0.3, 0.4) is 0 Å². The lowest BCUT2D eigenvalue weighted by Gasteiger charge is -2.28. The molecule has 2 aromatic heterocycles. The maximum atomic E-state index is 13.9. The van der Waals surface area contributed by atoms with Gasteiger partial charge in [-0.1, -0.05) is 170 Å². The molecule has 0 amide bonds. The molecular weight excluding hydrogens is 1300 g/mol. The van der Waals surface area contributed by atoms with E-state index in [0.717, 1.165) is 68.9 Å². The minimum atomic E-state index is -6.09. The summed E-state index contributed by atoms with van der Waals surface area (Å²) < 4.78 is 116. The summed E-state index contributed by atoms with van der Waals surface area (Å²) in [6.45, 7) is 7.22. The number of carbonyl (C=O) groups is 5. The van der Waals surface area contributed by atoms with Crippen molar-refractivity contribution in [3.8, 4) is 28.0 Å². The van der Waals surface area contributed by atoms with Crippen LogP contribution in [0.4, 0.5) is 26.3 Å². The number of imidazole rings is 2. The van der Waals surface area contributed by atoms with Gasteiger partial charge in [0.25, 0.3) is 0 Å². The highest BCUT2D eigenvalue weighted by Crippen LogP contribution is 2.31. The van der Waals surface area contributed by atoms with Crippen molar-refractivity contribution in [1.29, 1.82) is 0 Å². The fourth-order valence-corrected chi connectivity index (χ4v) is 10.1. The quantitative estimate of drug-likeness (QED) is 0.0199. The molecule has 0 unspecified atom stereocenters. The number of aryl methyl sites for hydroxylation is 2. The predicted octanol–water partition coefficient (Wildman–Crippen LogP) is 10.7. The van der Waals surface area contributed by atoms with Gasteiger partial charge in [0.2, 0.25) is 12.7 Å². The first-order valence-corrected chi connectivity index (χ1v) is 31.8. The molecule has 0 spiro atoms. The summed E-state index contributed by atoms with van der Waals surface area (Å²) in [6.07, 6.45) is 8.03. The Labute approximate surface area is 563 Å². The third kappa shape index (κ3) is 25.0. The summed E-state index contributed by atoms with van der Waals surface area (Å²) in [5, 5.41) is 28.4. The molecule has 9 aromatic rings. The number of halogens is 6. The van der Waals surface area contributed by atoms with Gasteiger partial charge in [0.05, 0.1) is 44.9 Å². The van der Waals surface area contributed by atoms with Gasteiger partial charge in [0.15, 0.2) is 10.1 Å². The second-order valence-electron chi connectivity index (χ2n) is 23.9. The van der Waals surface area contributed by atoms with E-state index in [4.69, 9.17) is 37.1 Å².